The number of aryl methyl sites for hydroxylation is 2. The second-order valence-electron chi connectivity index (χ2n) is 7.94. The predicted molar refractivity (Wildman–Crippen MR) is 117 cm³/mol. The van der Waals surface area contributed by atoms with E-state index in [9.17, 15) is 9.59 Å². The third-order valence-corrected chi connectivity index (χ3v) is 5.62. The van der Waals surface area contributed by atoms with Crippen LogP contribution in [0.5, 0.6) is 0 Å². The Labute approximate surface area is 176 Å². The van der Waals surface area contributed by atoms with Crippen molar-refractivity contribution in [2.24, 2.45) is 5.92 Å². The molecule has 2 aromatic carbocycles. The van der Waals surface area contributed by atoms with Crippen LogP contribution in [0.4, 0.5) is 5.69 Å². The summed E-state index contributed by atoms with van der Waals surface area (Å²) in [4.78, 5) is 27.5. The van der Waals surface area contributed by atoms with Gasteiger partial charge in [-0.3, -0.25) is 14.7 Å². The van der Waals surface area contributed by atoms with Gasteiger partial charge in [0.1, 0.15) is 0 Å². The largest absolute Gasteiger partial charge is 0.338 e. The molecule has 0 aliphatic carbocycles. The van der Waals surface area contributed by atoms with Gasteiger partial charge >= 0.3 is 0 Å². The number of likely N-dealkylation sites (tertiary alicyclic amines) is 1. The van der Waals surface area contributed by atoms with Crippen LogP contribution < -0.4 is 5.32 Å². The van der Waals surface area contributed by atoms with E-state index in [4.69, 9.17) is 0 Å². The molecule has 2 N–H and O–H groups in total. The van der Waals surface area contributed by atoms with Crippen molar-refractivity contribution in [2.75, 3.05) is 18.4 Å². The molecule has 0 radical (unpaired) electrons. The summed E-state index contributed by atoms with van der Waals surface area (Å²) in [6.45, 7) is 4.98. The molecule has 6 nitrogen and oxygen atoms in total. The molecule has 2 heterocycles. The molecule has 0 saturated carbocycles. The smallest absolute Gasteiger partial charge is 0.257 e. The van der Waals surface area contributed by atoms with Gasteiger partial charge in [0.25, 0.3) is 5.91 Å². The molecule has 2 amide bonds. The number of nitrogens with one attached hydrogen (secondary N) is 2. The average molecular weight is 402 g/mol. The lowest BCUT2D eigenvalue weighted by Crippen LogP contribution is -2.43. The van der Waals surface area contributed by atoms with Crippen LogP contribution in [0.15, 0.2) is 54.7 Å². The quantitative estimate of drug-likeness (QED) is 0.687. The second-order valence-corrected chi connectivity index (χ2v) is 7.94. The Hall–Kier alpha value is -3.41. The van der Waals surface area contributed by atoms with Crippen LogP contribution in [0.2, 0.25) is 0 Å². The zero-order valence-electron chi connectivity index (χ0n) is 17.3. The number of piperidine rings is 1. The molecule has 1 aliphatic heterocycles. The Morgan fingerprint density at radius 3 is 2.60 bits per heavy atom. The molecule has 3 aromatic rings. The Morgan fingerprint density at radius 1 is 1.10 bits per heavy atom. The number of hydrogen-bond acceptors (Lipinski definition) is 3. The molecular formula is C24H26N4O2. The summed E-state index contributed by atoms with van der Waals surface area (Å²) in [5.74, 6) is -0.337. The highest BCUT2D eigenvalue weighted by Crippen LogP contribution is 2.25. The van der Waals surface area contributed by atoms with E-state index in [0.717, 1.165) is 35.3 Å². The number of aromatic nitrogens is 2. The van der Waals surface area contributed by atoms with E-state index in [1.807, 2.05) is 37.3 Å². The first-order valence-electron chi connectivity index (χ1n) is 10.3. The summed E-state index contributed by atoms with van der Waals surface area (Å²) >= 11 is 0. The first-order chi connectivity index (χ1) is 14.5. The Kier molecular flexibility index (Phi) is 5.65. The summed E-state index contributed by atoms with van der Waals surface area (Å²) in [7, 11) is 0. The Balaban J connectivity index is 1.44. The van der Waals surface area contributed by atoms with Crippen molar-refractivity contribution in [1.29, 1.82) is 0 Å². The zero-order chi connectivity index (χ0) is 21.1. The van der Waals surface area contributed by atoms with Crippen molar-refractivity contribution in [2.45, 2.75) is 26.7 Å². The van der Waals surface area contributed by atoms with Crippen molar-refractivity contribution in [3.05, 3.63) is 71.5 Å². The van der Waals surface area contributed by atoms with Crippen molar-refractivity contribution in [1.82, 2.24) is 15.1 Å². The van der Waals surface area contributed by atoms with Gasteiger partial charge in [0.15, 0.2) is 0 Å². The monoisotopic (exact) mass is 402 g/mol. The number of aromatic amines is 1. The molecule has 4 rings (SSSR count). The summed E-state index contributed by atoms with van der Waals surface area (Å²) in [6, 6.07) is 16.2. The first-order valence-corrected chi connectivity index (χ1v) is 10.3. The maximum absolute atomic E-state index is 12.9. The highest BCUT2D eigenvalue weighted by atomic mass is 16.2. The fourth-order valence-electron chi connectivity index (χ4n) is 3.96. The molecule has 30 heavy (non-hydrogen) atoms. The molecule has 1 atom stereocenters. The van der Waals surface area contributed by atoms with Crippen LogP contribution in [-0.2, 0) is 4.79 Å². The number of carbonyl (C=O) groups is 2. The topological polar surface area (TPSA) is 78.1 Å². The Morgan fingerprint density at radius 2 is 1.87 bits per heavy atom. The van der Waals surface area contributed by atoms with Crippen LogP contribution in [-0.4, -0.2) is 40.0 Å². The molecule has 0 spiro atoms. The van der Waals surface area contributed by atoms with Crippen molar-refractivity contribution in [3.63, 3.8) is 0 Å². The summed E-state index contributed by atoms with van der Waals surface area (Å²) in [5, 5.41) is 9.78. The Bertz CT molecular complexity index is 1070. The highest BCUT2D eigenvalue weighted by Gasteiger charge is 2.30. The summed E-state index contributed by atoms with van der Waals surface area (Å²) in [5.41, 5.74) is 5.47. The van der Waals surface area contributed by atoms with E-state index in [0.29, 0.717) is 18.7 Å². The van der Waals surface area contributed by atoms with Crippen LogP contribution in [0.1, 0.15) is 34.5 Å². The molecule has 154 valence electrons. The number of hydrogen-bond donors (Lipinski definition) is 2. The molecule has 1 saturated heterocycles. The van der Waals surface area contributed by atoms with Gasteiger partial charge in [-0.05, 0) is 49.9 Å². The fourth-order valence-corrected chi connectivity index (χ4v) is 3.96. The van der Waals surface area contributed by atoms with Crippen LogP contribution in [0.25, 0.3) is 11.1 Å². The zero-order valence-corrected chi connectivity index (χ0v) is 17.3. The number of nitrogens with zero attached hydrogens (tertiary/aromatic N) is 2. The number of H-pyrrole nitrogens is 1. The third kappa shape index (κ3) is 4.27. The normalized spacial score (nSPS) is 16.3. The predicted octanol–water partition coefficient (Wildman–Crippen LogP) is 4.18. The molecular weight excluding hydrogens is 376 g/mol. The van der Waals surface area contributed by atoms with E-state index in [1.165, 1.54) is 5.56 Å². The minimum absolute atomic E-state index is 0.0437. The molecule has 1 aliphatic rings. The van der Waals surface area contributed by atoms with Gasteiger partial charge in [-0.25, -0.2) is 0 Å². The molecule has 6 heteroatoms. The van der Waals surface area contributed by atoms with E-state index < -0.39 is 0 Å². The first kappa shape index (κ1) is 19.9. The van der Waals surface area contributed by atoms with E-state index in [-0.39, 0.29) is 17.7 Å². The standard InChI is InChI=1S/C24H26N4O2/c1-16-6-3-7-18(12-16)19-8-4-10-21(13-19)26-23(29)20-9-5-11-28(15-20)24(30)22-14-25-27-17(22)2/h3-4,6-8,10,12-14,20H,5,9,11,15H2,1-2H3,(H,25,27)(H,26,29)/t20-/m0/s1. The van der Waals surface area contributed by atoms with Crippen molar-refractivity contribution >= 4 is 17.5 Å². The molecule has 0 bridgehead atoms. The highest BCUT2D eigenvalue weighted by molar-refractivity contribution is 5.97. The molecule has 1 fully saturated rings. The number of rotatable bonds is 4. The lowest BCUT2D eigenvalue weighted by atomic mass is 9.96. The van der Waals surface area contributed by atoms with Crippen molar-refractivity contribution in [3.8, 4) is 11.1 Å². The van der Waals surface area contributed by atoms with Crippen molar-refractivity contribution < 1.29 is 9.59 Å². The van der Waals surface area contributed by atoms with Crippen LogP contribution >= 0.6 is 0 Å². The van der Waals surface area contributed by atoms with Gasteiger partial charge in [-0.15, -0.1) is 0 Å². The van der Waals surface area contributed by atoms with Gasteiger partial charge < -0.3 is 10.2 Å². The fraction of sp³-hybridized carbons (Fsp3) is 0.292. The molecule has 1 aromatic heterocycles. The summed E-state index contributed by atoms with van der Waals surface area (Å²) in [6.07, 6.45) is 3.14. The van der Waals surface area contributed by atoms with E-state index >= 15 is 0 Å². The van der Waals surface area contributed by atoms with Crippen LogP contribution in [0.3, 0.4) is 0 Å². The second kappa shape index (κ2) is 8.53. The maximum Gasteiger partial charge on any atom is 0.257 e. The lowest BCUT2D eigenvalue weighted by molar-refractivity contribution is -0.121. The maximum atomic E-state index is 12.9. The number of amides is 2. The average Bonchev–Trinajstić information content (AvgIpc) is 3.19. The molecule has 0 unspecified atom stereocenters. The van der Waals surface area contributed by atoms with Gasteiger partial charge in [0.2, 0.25) is 5.91 Å². The van der Waals surface area contributed by atoms with Gasteiger partial charge in [-0.1, -0.05) is 42.0 Å². The number of benzene rings is 2. The SMILES string of the molecule is Cc1cccc(-c2cccc(NC(=O)[C@H]3CCCN(C(=O)c4cn[nH]c4C)C3)c2)c1. The summed E-state index contributed by atoms with van der Waals surface area (Å²) < 4.78 is 0. The number of anilines is 1. The lowest BCUT2D eigenvalue weighted by Gasteiger charge is -2.32. The third-order valence-electron chi connectivity index (χ3n) is 5.62. The van der Waals surface area contributed by atoms with Gasteiger partial charge in [0.05, 0.1) is 17.7 Å². The van der Waals surface area contributed by atoms with Gasteiger partial charge in [0, 0.05) is 24.5 Å². The van der Waals surface area contributed by atoms with E-state index in [2.05, 4.69) is 40.6 Å². The minimum Gasteiger partial charge on any atom is -0.338 e. The van der Waals surface area contributed by atoms with Gasteiger partial charge in [-0.2, -0.15) is 5.10 Å². The van der Waals surface area contributed by atoms with Crippen LogP contribution in [0, 0.1) is 19.8 Å². The minimum atomic E-state index is -0.225. The number of carbonyl (C=O) groups excluding carboxylic acids is 2. The van der Waals surface area contributed by atoms with E-state index in [1.54, 1.807) is 11.1 Å².